The molecular weight excluding hydrogens is 272 g/mol. The smallest absolute Gasteiger partial charge is 0.313 e. The third kappa shape index (κ3) is 5.23. The lowest BCUT2D eigenvalue weighted by atomic mass is 10.1. The van der Waals surface area contributed by atoms with Crippen LogP contribution in [0.5, 0.6) is 0 Å². The van der Waals surface area contributed by atoms with E-state index in [4.69, 9.17) is 5.73 Å². The van der Waals surface area contributed by atoms with Gasteiger partial charge >= 0.3 is 11.8 Å². The lowest BCUT2D eigenvalue weighted by Crippen LogP contribution is -2.38. The van der Waals surface area contributed by atoms with E-state index in [2.05, 4.69) is 16.0 Å². The van der Waals surface area contributed by atoms with E-state index < -0.39 is 11.8 Å². The van der Waals surface area contributed by atoms with Gasteiger partial charge in [-0.05, 0) is 18.6 Å². The van der Waals surface area contributed by atoms with E-state index in [0.29, 0.717) is 17.8 Å². The number of hydrogen-bond acceptors (Lipinski definition) is 4. The van der Waals surface area contributed by atoms with Crippen LogP contribution in [0.3, 0.4) is 0 Å². The Hall–Kier alpha value is -2.41. The Labute approximate surface area is 123 Å². The monoisotopic (exact) mass is 292 g/mol. The lowest BCUT2D eigenvalue weighted by molar-refractivity contribution is -0.136. The third-order valence-electron chi connectivity index (χ3n) is 2.59. The molecule has 1 aromatic carbocycles. The number of amides is 3. The first-order chi connectivity index (χ1) is 10.1. The Kier molecular flexibility index (Phi) is 6.90. The Morgan fingerprint density at radius 2 is 1.76 bits per heavy atom. The van der Waals surface area contributed by atoms with Crippen LogP contribution in [0, 0.1) is 0 Å². The zero-order valence-corrected chi connectivity index (χ0v) is 11.9. The van der Waals surface area contributed by atoms with Crippen LogP contribution in [-0.4, -0.2) is 37.4 Å². The third-order valence-corrected chi connectivity index (χ3v) is 2.59. The zero-order chi connectivity index (χ0) is 15.7. The maximum absolute atomic E-state index is 12.0. The van der Waals surface area contributed by atoms with Crippen LogP contribution in [0.4, 0.5) is 5.69 Å². The molecule has 5 N–H and O–H groups in total. The van der Waals surface area contributed by atoms with Crippen molar-refractivity contribution in [1.82, 2.24) is 10.6 Å². The fourth-order valence-electron chi connectivity index (χ4n) is 1.57. The van der Waals surface area contributed by atoms with Crippen LogP contribution in [0.25, 0.3) is 0 Å². The molecule has 0 saturated carbocycles. The number of carbonyl (C=O) groups is 3. The largest absolute Gasteiger partial charge is 0.352 e. The highest BCUT2D eigenvalue weighted by atomic mass is 16.2. The second-order valence-electron chi connectivity index (χ2n) is 4.30. The van der Waals surface area contributed by atoms with E-state index in [9.17, 15) is 14.4 Å². The van der Waals surface area contributed by atoms with Gasteiger partial charge in [-0.25, -0.2) is 0 Å². The molecule has 21 heavy (non-hydrogen) atoms. The molecule has 0 aliphatic carbocycles. The van der Waals surface area contributed by atoms with Crippen LogP contribution >= 0.6 is 0 Å². The molecule has 0 aromatic heterocycles. The number of nitrogens with one attached hydrogen (secondary N) is 3. The second-order valence-corrected chi connectivity index (χ2v) is 4.30. The Balaban J connectivity index is 2.77. The van der Waals surface area contributed by atoms with Crippen molar-refractivity contribution in [3.63, 3.8) is 0 Å². The summed E-state index contributed by atoms with van der Waals surface area (Å²) < 4.78 is 0. The van der Waals surface area contributed by atoms with E-state index in [1.807, 2.05) is 6.92 Å². The summed E-state index contributed by atoms with van der Waals surface area (Å²) in [7, 11) is 0. The molecular formula is C14H20N4O3. The fraction of sp³-hybridized carbons (Fsp3) is 0.357. The van der Waals surface area contributed by atoms with E-state index >= 15 is 0 Å². The van der Waals surface area contributed by atoms with Crippen molar-refractivity contribution in [3.05, 3.63) is 29.8 Å². The van der Waals surface area contributed by atoms with Crippen molar-refractivity contribution < 1.29 is 14.4 Å². The van der Waals surface area contributed by atoms with Crippen molar-refractivity contribution in [2.24, 2.45) is 5.73 Å². The number of hydrogen-bond donors (Lipinski definition) is 4. The van der Waals surface area contributed by atoms with Gasteiger partial charge in [0.1, 0.15) is 0 Å². The zero-order valence-electron chi connectivity index (χ0n) is 11.9. The van der Waals surface area contributed by atoms with E-state index in [0.717, 1.165) is 6.42 Å². The number of anilines is 1. The summed E-state index contributed by atoms with van der Waals surface area (Å²) in [6, 6.07) is 6.50. The highest BCUT2D eigenvalue weighted by molar-refractivity contribution is 6.40. The maximum atomic E-state index is 12.0. The standard InChI is InChI=1S/C14H20N4O3/c1-2-8-16-12(19)10-5-3-4-6-11(10)18-14(21)13(20)17-9-7-15/h3-6H,2,7-9,15H2,1H3,(H,16,19)(H,17,20)(H,18,21). The summed E-state index contributed by atoms with van der Waals surface area (Å²) in [5.41, 5.74) is 5.84. The normalized spacial score (nSPS) is 9.81. The SMILES string of the molecule is CCCNC(=O)c1ccccc1NC(=O)C(=O)NCCN. The molecule has 0 spiro atoms. The van der Waals surface area contributed by atoms with Crippen LogP contribution in [0.1, 0.15) is 23.7 Å². The average molecular weight is 292 g/mol. The van der Waals surface area contributed by atoms with Crippen molar-refractivity contribution in [1.29, 1.82) is 0 Å². The molecule has 114 valence electrons. The van der Waals surface area contributed by atoms with Crippen molar-refractivity contribution in [3.8, 4) is 0 Å². The number of nitrogens with two attached hydrogens (primary N) is 1. The Bertz CT molecular complexity index is 517. The van der Waals surface area contributed by atoms with Gasteiger partial charge < -0.3 is 21.7 Å². The summed E-state index contributed by atoms with van der Waals surface area (Å²) in [4.78, 5) is 35.2. The molecule has 1 rings (SSSR count). The van der Waals surface area contributed by atoms with E-state index in [1.165, 1.54) is 0 Å². The van der Waals surface area contributed by atoms with Gasteiger partial charge in [0, 0.05) is 19.6 Å². The summed E-state index contributed by atoms with van der Waals surface area (Å²) in [5.74, 6) is -1.92. The summed E-state index contributed by atoms with van der Waals surface area (Å²) in [5, 5.41) is 7.50. The molecule has 0 bridgehead atoms. The van der Waals surface area contributed by atoms with Gasteiger partial charge in [0.15, 0.2) is 0 Å². The van der Waals surface area contributed by atoms with Crippen LogP contribution in [0.15, 0.2) is 24.3 Å². The molecule has 0 aliphatic rings. The first-order valence-corrected chi connectivity index (χ1v) is 6.76. The molecule has 3 amide bonds. The lowest BCUT2D eigenvalue weighted by Gasteiger charge is -2.11. The topological polar surface area (TPSA) is 113 Å². The fourth-order valence-corrected chi connectivity index (χ4v) is 1.57. The minimum absolute atomic E-state index is 0.213. The van der Waals surface area contributed by atoms with E-state index in [1.54, 1.807) is 24.3 Å². The predicted molar refractivity (Wildman–Crippen MR) is 79.8 cm³/mol. The summed E-state index contributed by atoms with van der Waals surface area (Å²) in [6.45, 7) is 2.94. The second kappa shape index (κ2) is 8.70. The number of benzene rings is 1. The molecule has 1 aromatic rings. The van der Waals surface area contributed by atoms with Gasteiger partial charge in [-0.15, -0.1) is 0 Å². The maximum Gasteiger partial charge on any atom is 0.313 e. The van der Waals surface area contributed by atoms with Crippen molar-refractivity contribution in [2.45, 2.75) is 13.3 Å². The molecule has 0 unspecified atom stereocenters. The quantitative estimate of drug-likeness (QED) is 0.545. The van der Waals surface area contributed by atoms with Crippen molar-refractivity contribution in [2.75, 3.05) is 25.0 Å². The van der Waals surface area contributed by atoms with Gasteiger partial charge in [-0.2, -0.15) is 0 Å². The van der Waals surface area contributed by atoms with Gasteiger partial charge in [0.05, 0.1) is 11.3 Å². The van der Waals surface area contributed by atoms with Crippen LogP contribution in [-0.2, 0) is 9.59 Å². The van der Waals surface area contributed by atoms with Gasteiger partial charge in [-0.1, -0.05) is 19.1 Å². The number of rotatable bonds is 6. The highest BCUT2D eigenvalue weighted by Crippen LogP contribution is 2.14. The summed E-state index contributed by atoms with van der Waals surface area (Å²) in [6.07, 6.45) is 0.807. The van der Waals surface area contributed by atoms with E-state index in [-0.39, 0.29) is 19.0 Å². The first-order valence-electron chi connectivity index (χ1n) is 6.76. The first kappa shape index (κ1) is 16.6. The predicted octanol–water partition coefficient (Wildman–Crippen LogP) is -0.160. The van der Waals surface area contributed by atoms with Crippen LogP contribution in [0.2, 0.25) is 0 Å². The van der Waals surface area contributed by atoms with Gasteiger partial charge in [0.25, 0.3) is 5.91 Å². The van der Waals surface area contributed by atoms with Crippen LogP contribution < -0.4 is 21.7 Å². The molecule has 0 atom stereocenters. The molecule has 0 heterocycles. The Morgan fingerprint density at radius 1 is 1.05 bits per heavy atom. The molecule has 0 saturated heterocycles. The molecule has 7 nitrogen and oxygen atoms in total. The molecule has 0 radical (unpaired) electrons. The number of para-hydroxylation sites is 1. The minimum Gasteiger partial charge on any atom is -0.352 e. The average Bonchev–Trinajstić information content (AvgIpc) is 2.50. The molecule has 0 aliphatic heterocycles. The van der Waals surface area contributed by atoms with Gasteiger partial charge in [-0.3, -0.25) is 14.4 Å². The minimum atomic E-state index is -0.834. The highest BCUT2D eigenvalue weighted by Gasteiger charge is 2.17. The molecule has 0 fully saturated rings. The summed E-state index contributed by atoms with van der Waals surface area (Å²) >= 11 is 0. The Morgan fingerprint density at radius 3 is 2.43 bits per heavy atom. The van der Waals surface area contributed by atoms with Crippen molar-refractivity contribution >= 4 is 23.4 Å². The van der Waals surface area contributed by atoms with Gasteiger partial charge in [0.2, 0.25) is 0 Å². The molecule has 7 heteroatoms. The number of carbonyl (C=O) groups excluding carboxylic acids is 3.